The molecule has 4 rings (SSSR count). The summed E-state index contributed by atoms with van der Waals surface area (Å²) in [7, 11) is 0. The highest BCUT2D eigenvalue weighted by atomic mass is 16.5. The Bertz CT molecular complexity index is 969. The molecule has 1 atom stereocenters. The van der Waals surface area contributed by atoms with Crippen LogP contribution in [0.3, 0.4) is 0 Å². The minimum atomic E-state index is -0.691. The molecule has 1 fully saturated rings. The Balaban J connectivity index is 1.20. The van der Waals surface area contributed by atoms with Crippen molar-refractivity contribution >= 4 is 0 Å². The molecule has 0 amide bonds. The second-order valence-electron chi connectivity index (χ2n) is 9.50. The first-order valence-electron chi connectivity index (χ1n) is 13.2. The van der Waals surface area contributed by atoms with Crippen molar-refractivity contribution in [3.63, 3.8) is 0 Å². The highest BCUT2D eigenvalue weighted by Gasteiger charge is 2.21. The highest BCUT2D eigenvalue weighted by molar-refractivity contribution is 5.30. The van der Waals surface area contributed by atoms with E-state index in [4.69, 9.17) is 4.74 Å². The number of hydrogen-bond acceptors (Lipinski definition) is 8. The number of aromatic nitrogens is 8. The van der Waals surface area contributed by atoms with E-state index in [0.29, 0.717) is 11.6 Å². The van der Waals surface area contributed by atoms with E-state index in [-0.39, 0.29) is 13.2 Å². The summed E-state index contributed by atoms with van der Waals surface area (Å²) in [5, 5.41) is 33.8. The Hall–Kier alpha value is -2.72. The number of benzene rings is 1. The lowest BCUT2D eigenvalue weighted by Gasteiger charge is -2.19. The number of rotatable bonds is 13. The smallest absolute Gasteiger partial charge is 0.187 e. The monoisotopic (exact) mass is 482 g/mol. The van der Waals surface area contributed by atoms with Gasteiger partial charge in [-0.15, -0.1) is 10.2 Å². The maximum absolute atomic E-state index is 9.92. The molecule has 2 aromatic heterocycles. The van der Waals surface area contributed by atoms with E-state index in [1.54, 1.807) is 9.36 Å². The fraction of sp³-hybridized carbons (Fsp3) is 0.680. The zero-order chi connectivity index (χ0) is 24.1. The number of aliphatic hydroxyl groups is 1. The Kier molecular flexibility index (Phi) is 10.1. The molecule has 1 saturated carbocycles. The van der Waals surface area contributed by atoms with Gasteiger partial charge in [-0.25, -0.2) is 4.68 Å². The van der Waals surface area contributed by atoms with Crippen LogP contribution in [0.2, 0.25) is 0 Å². The van der Waals surface area contributed by atoms with Gasteiger partial charge >= 0.3 is 0 Å². The molecule has 0 aliphatic heterocycles. The van der Waals surface area contributed by atoms with Crippen LogP contribution in [0, 0.1) is 5.92 Å². The summed E-state index contributed by atoms with van der Waals surface area (Å²) in [4.78, 5) is 0. The van der Waals surface area contributed by atoms with E-state index in [2.05, 4.69) is 31.1 Å². The van der Waals surface area contributed by atoms with Crippen LogP contribution in [0.4, 0.5) is 0 Å². The lowest BCUT2D eigenvalue weighted by Crippen LogP contribution is -2.17. The highest BCUT2D eigenvalue weighted by Crippen LogP contribution is 2.26. The minimum Gasteiger partial charge on any atom is -0.393 e. The third kappa shape index (κ3) is 7.63. The minimum absolute atomic E-state index is 0.168. The van der Waals surface area contributed by atoms with Gasteiger partial charge in [0, 0.05) is 6.54 Å². The van der Waals surface area contributed by atoms with Gasteiger partial charge < -0.3 is 9.84 Å². The number of unbranched alkanes of at least 4 members (excludes halogenated alkanes) is 3. The first kappa shape index (κ1) is 25.4. The normalized spacial score (nSPS) is 16.1. The lowest BCUT2D eigenvalue weighted by molar-refractivity contribution is -0.00981. The summed E-state index contributed by atoms with van der Waals surface area (Å²) in [6.45, 7) is 0.679. The van der Waals surface area contributed by atoms with Crippen LogP contribution >= 0.6 is 0 Å². The second-order valence-corrected chi connectivity index (χ2v) is 9.50. The fourth-order valence-electron chi connectivity index (χ4n) is 4.91. The van der Waals surface area contributed by atoms with Gasteiger partial charge in [-0.05, 0) is 45.3 Å². The van der Waals surface area contributed by atoms with Gasteiger partial charge in [0.2, 0.25) is 0 Å². The molecule has 0 saturated heterocycles. The maximum Gasteiger partial charge on any atom is 0.187 e. The first-order valence-corrected chi connectivity index (χ1v) is 13.2. The molecule has 0 bridgehead atoms. The summed E-state index contributed by atoms with van der Waals surface area (Å²) in [5.41, 5.74) is 0.800. The zero-order valence-corrected chi connectivity index (χ0v) is 20.6. The quantitative estimate of drug-likeness (QED) is 0.360. The molecule has 1 aromatic carbocycles. The predicted octanol–water partition coefficient (Wildman–Crippen LogP) is 4.21. The van der Waals surface area contributed by atoms with E-state index in [9.17, 15) is 5.11 Å². The van der Waals surface area contributed by atoms with E-state index in [1.807, 2.05) is 30.3 Å². The summed E-state index contributed by atoms with van der Waals surface area (Å²) in [5.74, 6) is 2.01. The summed E-state index contributed by atoms with van der Waals surface area (Å²) >= 11 is 0. The molecule has 2 heterocycles. The van der Waals surface area contributed by atoms with Crippen LogP contribution in [0.25, 0.3) is 5.69 Å². The number of para-hydroxylation sites is 1. The van der Waals surface area contributed by atoms with Crippen molar-refractivity contribution in [1.29, 1.82) is 0 Å². The maximum atomic E-state index is 9.92. The fourth-order valence-corrected chi connectivity index (χ4v) is 4.91. The number of hydrogen-bond donors (Lipinski definition) is 1. The summed E-state index contributed by atoms with van der Waals surface area (Å²) in [6, 6.07) is 9.52. The lowest BCUT2D eigenvalue weighted by atomic mass is 9.87. The molecule has 0 radical (unpaired) electrons. The number of aryl methyl sites for hydroxylation is 1. The van der Waals surface area contributed by atoms with E-state index < -0.39 is 6.10 Å². The van der Waals surface area contributed by atoms with Crippen LogP contribution in [0.15, 0.2) is 30.3 Å². The molecule has 3 aromatic rings. The third-order valence-electron chi connectivity index (χ3n) is 6.92. The van der Waals surface area contributed by atoms with Gasteiger partial charge in [-0.3, -0.25) is 0 Å². The van der Waals surface area contributed by atoms with Crippen LogP contribution in [-0.2, 0) is 17.9 Å². The number of tetrazole rings is 2. The van der Waals surface area contributed by atoms with E-state index in [1.165, 1.54) is 70.6 Å². The van der Waals surface area contributed by atoms with Crippen molar-refractivity contribution in [3.8, 4) is 5.69 Å². The molecule has 10 heteroatoms. The Morgan fingerprint density at radius 2 is 1.63 bits per heavy atom. The van der Waals surface area contributed by atoms with Gasteiger partial charge in [0.15, 0.2) is 11.6 Å². The average Bonchev–Trinajstić information content (AvgIpc) is 3.53. The van der Waals surface area contributed by atoms with Crippen molar-refractivity contribution < 1.29 is 9.84 Å². The molecule has 1 unspecified atom stereocenters. The van der Waals surface area contributed by atoms with Crippen LogP contribution in [0.1, 0.15) is 94.8 Å². The van der Waals surface area contributed by atoms with Crippen LogP contribution in [0.5, 0.6) is 0 Å². The summed E-state index contributed by atoms with van der Waals surface area (Å²) in [6.07, 6.45) is 15.5. The van der Waals surface area contributed by atoms with Crippen LogP contribution < -0.4 is 0 Å². The molecular formula is C25H38N8O2. The SMILES string of the molecule is OCC(OCc1nnnn1CCCCCCC1CCCCCCC1)c1nnnn1-c1ccccc1. The first-order chi connectivity index (χ1) is 17.3. The summed E-state index contributed by atoms with van der Waals surface area (Å²) < 4.78 is 9.30. The third-order valence-corrected chi connectivity index (χ3v) is 6.92. The van der Waals surface area contributed by atoms with Crippen LogP contribution in [-0.4, -0.2) is 52.1 Å². The van der Waals surface area contributed by atoms with Gasteiger partial charge in [0.25, 0.3) is 0 Å². The van der Waals surface area contributed by atoms with Gasteiger partial charge in [0.1, 0.15) is 12.7 Å². The molecule has 35 heavy (non-hydrogen) atoms. The standard InChI is InChI=1S/C25H38N8O2/c34-19-23(25-27-29-31-33(25)22-16-10-6-11-17-22)35-20-24-26-28-30-32(24)18-12-5-4-9-15-21-13-7-2-1-3-8-14-21/h6,10-11,16-17,21,23,34H,1-5,7-9,12-15,18-20H2. The topological polar surface area (TPSA) is 117 Å². The Morgan fingerprint density at radius 3 is 2.43 bits per heavy atom. The number of ether oxygens (including phenoxy) is 1. The van der Waals surface area contributed by atoms with Crippen molar-refractivity contribution in [2.75, 3.05) is 6.61 Å². The molecule has 0 spiro atoms. The van der Waals surface area contributed by atoms with Crippen molar-refractivity contribution in [1.82, 2.24) is 40.4 Å². The molecule has 1 aliphatic rings. The number of nitrogens with zero attached hydrogens (tertiary/aromatic N) is 8. The zero-order valence-electron chi connectivity index (χ0n) is 20.6. The van der Waals surface area contributed by atoms with E-state index >= 15 is 0 Å². The van der Waals surface area contributed by atoms with Crippen molar-refractivity contribution in [3.05, 3.63) is 42.0 Å². The predicted molar refractivity (Wildman–Crippen MR) is 130 cm³/mol. The molecular weight excluding hydrogens is 444 g/mol. The van der Waals surface area contributed by atoms with Gasteiger partial charge in [-0.1, -0.05) is 88.8 Å². The molecule has 1 N–H and O–H groups in total. The Morgan fingerprint density at radius 1 is 0.886 bits per heavy atom. The molecule has 10 nitrogen and oxygen atoms in total. The van der Waals surface area contributed by atoms with Gasteiger partial charge in [0.05, 0.1) is 12.3 Å². The second kappa shape index (κ2) is 14.0. The van der Waals surface area contributed by atoms with E-state index in [0.717, 1.165) is 24.6 Å². The van der Waals surface area contributed by atoms with Crippen molar-refractivity contribution in [2.45, 2.75) is 96.3 Å². The molecule has 1 aliphatic carbocycles. The van der Waals surface area contributed by atoms with Crippen molar-refractivity contribution in [2.24, 2.45) is 5.92 Å². The number of aliphatic hydroxyl groups excluding tert-OH is 1. The van der Waals surface area contributed by atoms with Gasteiger partial charge in [-0.2, -0.15) is 4.68 Å². The average molecular weight is 483 g/mol. The largest absolute Gasteiger partial charge is 0.393 e. The Labute approximate surface area is 207 Å². The molecule has 190 valence electrons.